The van der Waals surface area contributed by atoms with Gasteiger partial charge in [-0.2, -0.15) is 0 Å². The molecule has 0 radical (unpaired) electrons. The zero-order valence-electron chi connectivity index (χ0n) is 17.5. The number of hydrogen-bond acceptors (Lipinski definition) is 4. The van der Waals surface area contributed by atoms with Crippen LogP contribution in [0.15, 0.2) is 42.5 Å². The van der Waals surface area contributed by atoms with Gasteiger partial charge in [0.25, 0.3) is 0 Å². The van der Waals surface area contributed by atoms with E-state index in [0.29, 0.717) is 30.7 Å². The highest BCUT2D eigenvalue weighted by atomic mass is 19.1. The van der Waals surface area contributed by atoms with Crippen molar-refractivity contribution in [2.24, 2.45) is 11.8 Å². The third kappa shape index (κ3) is 3.81. The van der Waals surface area contributed by atoms with E-state index >= 15 is 0 Å². The molecule has 4 fully saturated rings. The molecule has 0 spiro atoms. The van der Waals surface area contributed by atoms with Crippen LogP contribution in [0.3, 0.4) is 0 Å². The summed E-state index contributed by atoms with van der Waals surface area (Å²) in [5.41, 5.74) is 1.49. The van der Waals surface area contributed by atoms with Crippen molar-refractivity contribution in [2.75, 3.05) is 7.11 Å². The van der Waals surface area contributed by atoms with Crippen molar-refractivity contribution >= 4 is 0 Å². The van der Waals surface area contributed by atoms with Crippen LogP contribution in [0.5, 0.6) is 11.5 Å². The van der Waals surface area contributed by atoms with Crippen molar-refractivity contribution < 1.29 is 19.0 Å². The fraction of sp³-hybridized carbons (Fsp3) is 0.520. The Labute approximate surface area is 177 Å². The van der Waals surface area contributed by atoms with Gasteiger partial charge in [-0.05, 0) is 74.1 Å². The third-order valence-corrected chi connectivity index (χ3v) is 7.26. The van der Waals surface area contributed by atoms with E-state index in [4.69, 9.17) is 9.47 Å². The highest BCUT2D eigenvalue weighted by molar-refractivity contribution is 5.47. The lowest BCUT2D eigenvalue weighted by atomic mass is 9.51. The summed E-state index contributed by atoms with van der Waals surface area (Å²) in [6, 6.07) is 12.3. The molecule has 0 amide bonds. The van der Waals surface area contributed by atoms with E-state index in [1.54, 1.807) is 19.2 Å². The van der Waals surface area contributed by atoms with Gasteiger partial charge in [-0.3, -0.25) is 0 Å². The summed E-state index contributed by atoms with van der Waals surface area (Å²) < 4.78 is 24.9. The quantitative estimate of drug-likeness (QED) is 0.700. The molecule has 0 aliphatic heterocycles. The van der Waals surface area contributed by atoms with E-state index in [1.165, 1.54) is 18.6 Å². The van der Waals surface area contributed by atoms with Crippen LogP contribution >= 0.6 is 0 Å². The minimum absolute atomic E-state index is 0.0239. The van der Waals surface area contributed by atoms with Crippen molar-refractivity contribution in [3.63, 3.8) is 0 Å². The Bertz CT molecular complexity index is 899. The van der Waals surface area contributed by atoms with Crippen LogP contribution in [0, 0.1) is 17.7 Å². The minimum atomic E-state index is -0.479. The van der Waals surface area contributed by atoms with Crippen LogP contribution < -0.4 is 14.8 Å². The Morgan fingerprint density at radius 3 is 2.47 bits per heavy atom. The molecular weight excluding hydrogens is 381 g/mol. The van der Waals surface area contributed by atoms with Crippen molar-refractivity contribution in [3.8, 4) is 11.5 Å². The van der Waals surface area contributed by atoms with Crippen LogP contribution in [0.25, 0.3) is 0 Å². The second-order valence-electron chi connectivity index (χ2n) is 9.68. The van der Waals surface area contributed by atoms with E-state index in [9.17, 15) is 9.50 Å². The van der Waals surface area contributed by atoms with Gasteiger partial charge in [0.2, 0.25) is 0 Å². The van der Waals surface area contributed by atoms with Crippen LogP contribution in [-0.4, -0.2) is 23.4 Å². The second-order valence-corrected chi connectivity index (χ2v) is 9.68. The molecule has 4 aliphatic rings. The number of benzene rings is 2. The molecule has 2 atom stereocenters. The first-order valence-electron chi connectivity index (χ1n) is 11.0. The number of halogens is 1. The molecule has 2 N–H and O–H groups in total. The molecule has 0 saturated heterocycles. The highest BCUT2D eigenvalue weighted by Crippen LogP contribution is 2.57. The molecule has 2 aromatic rings. The summed E-state index contributed by atoms with van der Waals surface area (Å²) in [7, 11) is 1.64. The van der Waals surface area contributed by atoms with E-state index < -0.39 is 5.60 Å². The van der Waals surface area contributed by atoms with E-state index in [2.05, 4.69) is 11.4 Å². The third-order valence-electron chi connectivity index (χ3n) is 7.26. The maximum atomic E-state index is 13.2. The second kappa shape index (κ2) is 7.54. The summed E-state index contributed by atoms with van der Waals surface area (Å²) in [6.07, 6.45) is 6.37. The zero-order valence-corrected chi connectivity index (χ0v) is 17.5. The molecule has 160 valence electrons. The van der Waals surface area contributed by atoms with Gasteiger partial charge >= 0.3 is 0 Å². The Kier molecular flexibility index (Phi) is 4.98. The number of aliphatic hydroxyl groups is 1. The van der Waals surface area contributed by atoms with Gasteiger partial charge < -0.3 is 19.9 Å². The molecule has 4 nitrogen and oxygen atoms in total. The monoisotopic (exact) mass is 411 g/mol. The zero-order chi connectivity index (χ0) is 20.8. The topological polar surface area (TPSA) is 50.7 Å². The summed E-state index contributed by atoms with van der Waals surface area (Å²) in [6.45, 7) is 1.02. The number of para-hydroxylation sites is 1. The Hall–Kier alpha value is -2.11. The van der Waals surface area contributed by atoms with Crippen LogP contribution in [0.4, 0.5) is 4.39 Å². The molecule has 4 aliphatic carbocycles. The lowest BCUT2D eigenvalue weighted by Crippen LogP contribution is -2.64. The van der Waals surface area contributed by atoms with E-state index in [-0.39, 0.29) is 11.4 Å². The number of rotatable bonds is 7. The van der Waals surface area contributed by atoms with E-state index in [1.807, 2.05) is 12.1 Å². The van der Waals surface area contributed by atoms with E-state index in [0.717, 1.165) is 49.0 Å². The van der Waals surface area contributed by atoms with Crippen LogP contribution in [0.2, 0.25) is 0 Å². The number of methoxy groups -OCH3 is 1. The van der Waals surface area contributed by atoms with Gasteiger partial charge in [-0.25, -0.2) is 4.39 Å². The molecule has 0 aromatic heterocycles. The molecule has 5 heteroatoms. The molecule has 30 heavy (non-hydrogen) atoms. The van der Waals surface area contributed by atoms with Gasteiger partial charge in [-0.1, -0.05) is 24.3 Å². The maximum Gasteiger partial charge on any atom is 0.166 e. The normalized spacial score (nSPS) is 31.7. The molecule has 4 bridgehead atoms. The predicted octanol–water partition coefficient (Wildman–Crippen LogP) is 4.59. The lowest BCUT2D eigenvalue weighted by Gasteiger charge is -2.60. The van der Waals surface area contributed by atoms with Gasteiger partial charge in [0.05, 0.1) is 12.7 Å². The minimum Gasteiger partial charge on any atom is -0.493 e. The average Bonchev–Trinajstić information content (AvgIpc) is 2.70. The maximum absolute atomic E-state index is 13.2. The summed E-state index contributed by atoms with van der Waals surface area (Å²) in [4.78, 5) is 0. The fourth-order valence-electron chi connectivity index (χ4n) is 6.46. The SMILES string of the molecule is COc1cccc(CNC23CC4CC(CC(O)(C4)C2)C3)c1OCc1ccc(F)cc1. The van der Waals surface area contributed by atoms with Crippen molar-refractivity contribution in [1.82, 2.24) is 5.32 Å². The van der Waals surface area contributed by atoms with Gasteiger partial charge in [0, 0.05) is 17.6 Å². The first kappa shape index (κ1) is 19.8. The average molecular weight is 412 g/mol. The van der Waals surface area contributed by atoms with Crippen molar-refractivity contribution in [2.45, 2.75) is 62.8 Å². The smallest absolute Gasteiger partial charge is 0.166 e. The molecule has 2 aromatic carbocycles. The standard InChI is InChI=1S/C25H30FNO3/c1-29-22-4-2-3-20(23(22)30-15-17-5-7-21(26)8-6-17)14-27-24-10-18-9-19(11-24)13-25(28,12-18)16-24/h2-8,18-19,27-28H,9-16H2,1H3. The molecule has 6 rings (SSSR count). The Morgan fingerprint density at radius 1 is 1.07 bits per heavy atom. The number of nitrogens with one attached hydrogen (secondary N) is 1. The summed E-state index contributed by atoms with van der Waals surface area (Å²) in [5, 5.41) is 14.8. The summed E-state index contributed by atoms with van der Waals surface area (Å²) in [5.74, 6) is 2.45. The first-order chi connectivity index (χ1) is 14.5. The highest BCUT2D eigenvalue weighted by Gasteiger charge is 2.56. The van der Waals surface area contributed by atoms with Gasteiger partial charge in [0.1, 0.15) is 12.4 Å². The largest absolute Gasteiger partial charge is 0.493 e. The van der Waals surface area contributed by atoms with Gasteiger partial charge in [-0.15, -0.1) is 0 Å². The fourth-order valence-corrected chi connectivity index (χ4v) is 6.46. The van der Waals surface area contributed by atoms with Gasteiger partial charge in [0.15, 0.2) is 11.5 Å². The molecule has 4 saturated carbocycles. The molecule has 2 unspecified atom stereocenters. The Morgan fingerprint density at radius 2 is 1.80 bits per heavy atom. The van der Waals surface area contributed by atoms with Crippen molar-refractivity contribution in [3.05, 3.63) is 59.4 Å². The van der Waals surface area contributed by atoms with Crippen LogP contribution in [0.1, 0.15) is 49.7 Å². The first-order valence-corrected chi connectivity index (χ1v) is 11.0. The molecular formula is C25H30FNO3. The number of ether oxygens (including phenoxy) is 2. The summed E-state index contributed by atoms with van der Waals surface area (Å²) >= 11 is 0. The Balaban J connectivity index is 1.33. The molecule has 0 heterocycles. The van der Waals surface area contributed by atoms with Crippen molar-refractivity contribution in [1.29, 1.82) is 0 Å². The predicted molar refractivity (Wildman–Crippen MR) is 113 cm³/mol. The lowest BCUT2D eigenvalue weighted by molar-refractivity contribution is -0.142. The number of hydrogen-bond donors (Lipinski definition) is 2. The van der Waals surface area contributed by atoms with Crippen LogP contribution in [-0.2, 0) is 13.2 Å².